The highest BCUT2D eigenvalue weighted by atomic mass is 19.4. The Morgan fingerprint density at radius 2 is 1.65 bits per heavy atom. The van der Waals surface area contributed by atoms with Gasteiger partial charge in [-0.3, -0.25) is 0 Å². The van der Waals surface area contributed by atoms with Gasteiger partial charge < -0.3 is 4.74 Å². The van der Waals surface area contributed by atoms with E-state index < -0.39 is 6.36 Å². The third kappa shape index (κ3) is 3.24. The lowest BCUT2D eigenvalue weighted by molar-refractivity contribution is -0.274. The van der Waals surface area contributed by atoms with Crippen LogP contribution in [0.1, 0.15) is 0 Å². The quantitative estimate of drug-likeness (QED) is 0.765. The summed E-state index contributed by atoms with van der Waals surface area (Å²) in [6.45, 7) is 0. The van der Waals surface area contributed by atoms with Crippen molar-refractivity contribution >= 4 is 0 Å². The van der Waals surface area contributed by atoms with Gasteiger partial charge in [0.25, 0.3) is 0 Å². The molecule has 1 nitrogen and oxygen atoms in total. The summed E-state index contributed by atoms with van der Waals surface area (Å²) in [6, 6.07) is 15.8. The van der Waals surface area contributed by atoms with Crippen LogP contribution in [0.3, 0.4) is 0 Å². The second kappa shape index (κ2) is 4.49. The summed E-state index contributed by atoms with van der Waals surface area (Å²) in [5.74, 6) is -0.221. The maximum Gasteiger partial charge on any atom is 0.573 e. The van der Waals surface area contributed by atoms with E-state index in [1.807, 2.05) is 12.1 Å². The van der Waals surface area contributed by atoms with Crippen molar-refractivity contribution in [3.8, 4) is 16.9 Å². The highest BCUT2D eigenvalue weighted by Crippen LogP contribution is 2.26. The molecule has 0 saturated heterocycles. The Morgan fingerprint density at radius 1 is 0.941 bits per heavy atom. The Hall–Kier alpha value is -1.97. The van der Waals surface area contributed by atoms with E-state index in [0.29, 0.717) is 0 Å². The van der Waals surface area contributed by atoms with Crippen LogP contribution in [-0.4, -0.2) is 6.36 Å². The van der Waals surface area contributed by atoms with Gasteiger partial charge in [-0.1, -0.05) is 30.3 Å². The largest absolute Gasteiger partial charge is 0.573 e. The number of hydrogen-bond donors (Lipinski definition) is 0. The van der Waals surface area contributed by atoms with Crippen LogP contribution in [0, 0.1) is 6.07 Å². The lowest BCUT2D eigenvalue weighted by Crippen LogP contribution is -2.16. The number of hydrogen-bond acceptors (Lipinski definition) is 1. The molecule has 0 bridgehead atoms. The van der Waals surface area contributed by atoms with Crippen molar-refractivity contribution in [2.24, 2.45) is 0 Å². The predicted octanol–water partition coefficient (Wildman–Crippen LogP) is 4.05. The molecule has 17 heavy (non-hydrogen) atoms. The molecule has 0 aliphatic heterocycles. The zero-order valence-electron chi connectivity index (χ0n) is 8.66. The van der Waals surface area contributed by atoms with Crippen LogP contribution < -0.4 is 4.74 Å². The molecule has 0 heterocycles. The molecule has 0 saturated carbocycles. The van der Waals surface area contributed by atoms with E-state index in [9.17, 15) is 13.2 Å². The minimum Gasteiger partial charge on any atom is -0.406 e. The van der Waals surface area contributed by atoms with Crippen molar-refractivity contribution in [1.82, 2.24) is 0 Å². The molecule has 0 fully saturated rings. The van der Waals surface area contributed by atoms with Gasteiger partial charge in [-0.25, -0.2) is 0 Å². The molecular formula is C13H8F3O. The molecule has 2 aromatic carbocycles. The van der Waals surface area contributed by atoms with E-state index in [1.165, 1.54) is 12.1 Å². The van der Waals surface area contributed by atoms with E-state index >= 15 is 0 Å². The summed E-state index contributed by atoms with van der Waals surface area (Å²) < 4.78 is 39.6. The summed E-state index contributed by atoms with van der Waals surface area (Å²) in [7, 11) is 0. The minimum absolute atomic E-state index is 0.221. The zero-order chi connectivity index (χ0) is 12.3. The maximum absolute atomic E-state index is 11.9. The van der Waals surface area contributed by atoms with Gasteiger partial charge in [-0.15, -0.1) is 13.2 Å². The van der Waals surface area contributed by atoms with Crippen molar-refractivity contribution in [1.29, 1.82) is 0 Å². The highest BCUT2D eigenvalue weighted by Gasteiger charge is 2.30. The van der Waals surface area contributed by atoms with Gasteiger partial charge in [0.2, 0.25) is 0 Å². The predicted molar refractivity (Wildman–Crippen MR) is 57.4 cm³/mol. The molecule has 2 rings (SSSR count). The van der Waals surface area contributed by atoms with Crippen molar-refractivity contribution in [2.75, 3.05) is 0 Å². The number of benzene rings is 2. The Labute approximate surface area is 96.5 Å². The second-order valence-electron chi connectivity index (χ2n) is 3.36. The highest BCUT2D eigenvalue weighted by molar-refractivity contribution is 5.63. The molecule has 0 aromatic heterocycles. The summed E-state index contributed by atoms with van der Waals surface area (Å²) in [4.78, 5) is 0. The minimum atomic E-state index is -4.65. The molecule has 2 aromatic rings. The van der Waals surface area contributed by atoms with Gasteiger partial charge in [-0.2, -0.15) is 0 Å². The molecule has 4 heteroatoms. The van der Waals surface area contributed by atoms with E-state index in [1.54, 1.807) is 24.3 Å². The fourth-order valence-corrected chi connectivity index (χ4v) is 1.42. The second-order valence-corrected chi connectivity index (χ2v) is 3.36. The molecule has 0 atom stereocenters. The molecule has 0 N–H and O–H groups in total. The maximum atomic E-state index is 11.9. The number of rotatable bonds is 2. The molecule has 0 aliphatic carbocycles. The summed E-state index contributed by atoms with van der Waals surface area (Å²) in [5.41, 5.74) is 1.71. The molecule has 0 aliphatic rings. The van der Waals surface area contributed by atoms with E-state index in [0.717, 1.165) is 11.1 Å². The van der Waals surface area contributed by atoms with Gasteiger partial charge in [0.15, 0.2) is 0 Å². The first-order valence-corrected chi connectivity index (χ1v) is 4.87. The van der Waals surface area contributed by atoms with Crippen LogP contribution in [0.15, 0.2) is 48.5 Å². The van der Waals surface area contributed by atoms with Crippen molar-refractivity contribution in [3.63, 3.8) is 0 Å². The van der Waals surface area contributed by atoms with Gasteiger partial charge >= 0.3 is 6.36 Å². The molecular weight excluding hydrogens is 229 g/mol. The van der Waals surface area contributed by atoms with Crippen LogP contribution in [0.5, 0.6) is 5.75 Å². The number of halogens is 3. The Kier molecular flexibility index (Phi) is 3.04. The first-order valence-electron chi connectivity index (χ1n) is 4.87. The summed E-state index contributed by atoms with van der Waals surface area (Å²) in [5, 5.41) is 0. The first-order chi connectivity index (χ1) is 8.04. The molecule has 0 unspecified atom stereocenters. The lowest BCUT2D eigenvalue weighted by atomic mass is 10.1. The smallest absolute Gasteiger partial charge is 0.406 e. The first kappa shape index (κ1) is 11.5. The van der Waals surface area contributed by atoms with Gasteiger partial charge in [0.05, 0.1) is 0 Å². The summed E-state index contributed by atoms with van der Waals surface area (Å²) in [6.07, 6.45) is -4.65. The fourth-order valence-electron chi connectivity index (χ4n) is 1.42. The molecule has 0 amide bonds. The van der Waals surface area contributed by atoms with Crippen LogP contribution in [0.2, 0.25) is 0 Å². The monoisotopic (exact) mass is 237 g/mol. The SMILES string of the molecule is FC(F)(F)Oc1ccc(-c2c[c]ccc2)cc1. The van der Waals surface area contributed by atoms with Crippen LogP contribution in [0.4, 0.5) is 13.2 Å². The fraction of sp³-hybridized carbons (Fsp3) is 0.0769. The van der Waals surface area contributed by atoms with Crippen molar-refractivity contribution in [3.05, 3.63) is 54.6 Å². The van der Waals surface area contributed by atoms with Crippen LogP contribution >= 0.6 is 0 Å². The third-order valence-electron chi connectivity index (χ3n) is 2.13. The van der Waals surface area contributed by atoms with Crippen molar-refractivity contribution < 1.29 is 17.9 Å². The Bertz CT molecular complexity index is 474. The Balaban J connectivity index is 2.19. The van der Waals surface area contributed by atoms with Crippen LogP contribution in [-0.2, 0) is 0 Å². The molecule has 87 valence electrons. The average molecular weight is 237 g/mol. The normalized spacial score (nSPS) is 11.2. The van der Waals surface area contributed by atoms with E-state index in [-0.39, 0.29) is 5.75 Å². The van der Waals surface area contributed by atoms with E-state index in [2.05, 4.69) is 10.8 Å². The zero-order valence-corrected chi connectivity index (χ0v) is 8.66. The lowest BCUT2D eigenvalue weighted by Gasteiger charge is -2.09. The molecule has 1 radical (unpaired) electrons. The average Bonchev–Trinajstić information content (AvgIpc) is 2.29. The molecule has 0 spiro atoms. The number of alkyl halides is 3. The summed E-state index contributed by atoms with van der Waals surface area (Å²) >= 11 is 0. The van der Waals surface area contributed by atoms with Crippen molar-refractivity contribution in [2.45, 2.75) is 6.36 Å². The topological polar surface area (TPSA) is 9.23 Å². The van der Waals surface area contributed by atoms with Gasteiger partial charge in [0.1, 0.15) is 5.75 Å². The number of ether oxygens (including phenoxy) is 1. The van der Waals surface area contributed by atoms with Crippen LogP contribution in [0.25, 0.3) is 11.1 Å². The standard InChI is InChI=1S/C13H8F3O/c14-13(15,16)17-12-8-6-11(7-9-12)10-4-2-1-3-5-10/h1-2,4-9H. The Morgan fingerprint density at radius 3 is 2.18 bits per heavy atom. The third-order valence-corrected chi connectivity index (χ3v) is 2.13. The van der Waals surface area contributed by atoms with Gasteiger partial charge in [0, 0.05) is 0 Å². The van der Waals surface area contributed by atoms with E-state index in [4.69, 9.17) is 0 Å². The van der Waals surface area contributed by atoms with Gasteiger partial charge in [-0.05, 0) is 35.4 Å².